The van der Waals surface area contributed by atoms with Crippen LogP contribution in [0.1, 0.15) is 24.8 Å². The number of hydrogen-bond donors (Lipinski definition) is 2. The minimum atomic E-state index is 0.391. The zero-order valence-corrected chi connectivity index (χ0v) is 10.5. The summed E-state index contributed by atoms with van der Waals surface area (Å²) in [7, 11) is 0. The number of nitrogens with zero attached hydrogens (tertiary/aromatic N) is 1. The van der Waals surface area contributed by atoms with Crippen molar-refractivity contribution in [1.82, 2.24) is 15.3 Å². The monoisotopic (exact) mass is 245 g/mol. The summed E-state index contributed by atoms with van der Waals surface area (Å²) in [6.45, 7) is 2.72. The standard InChI is InChI=1S/C14H19N3O/c1-2-7-18-12(4-1)10-15-8-11-9-17-14-13(11)5-3-6-16-14/h3,5-6,9,12,15H,1-2,4,7-8,10H2,(H,16,17). The van der Waals surface area contributed by atoms with Crippen LogP contribution in [0.25, 0.3) is 11.0 Å². The third kappa shape index (κ3) is 2.54. The van der Waals surface area contributed by atoms with E-state index in [9.17, 15) is 0 Å². The van der Waals surface area contributed by atoms with E-state index in [0.29, 0.717) is 6.10 Å². The molecule has 1 fully saturated rings. The van der Waals surface area contributed by atoms with E-state index < -0.39 is 0 Å². The minimum absolute atomic E-state index is 0.391. The fraction of sp³-hybridized carbons (Fsp3) is 0.500. The SMILES string of the molecule is c1cnc2[nH]cc(CNCC3CCCCO3)c2c1. The average molecular weight is 245 g/mol. The number of ether oxygens (including phenoxy) is 1. The first-order valence-corrected chi connectivity index (χ1v) is 6.67. The lowest BCUT2D eigenvalue weighted by atomic mass is 10.1. The van der Waals surface area contributed by atoms with Gasteiger partial charge in [-0.05, 0) is 37.0 Å². The summed E-state index contributed by atoms with van der Waals surface area (Å²) in [4.78, 5) is 7.49. The van der Waals surface area contributed by atoms with Crippen LogP contribution in [0.15, 0.2) is 24.5 Å². The summed E-state index contributed by atoms with van der Waals surface area (Å²) in [6, 6.07) is 4.08. The molecule has 4 heteroatoms. The first kappa shape index (κ1) is 11.7. The van der Waals surface area contributed by atoms with E-state index in [-0.39, 0.29) is 0 Å². The number of aromatic amines is 1. The van der Waals surface area contributed by atoms with E-state index in [1.54, 1.807) is 0 Å². The van der Waals surface area contributed by atoms with Gasteiger partial charge in [0.1, 0.15) is 5.65 Å². The Labute approximate surface area is 107 Å². The Bertz CT molecular complexity index is 502. The highest BCUT2D eigenvalue weighted by Crippen LogP contribution is 2.16. The third-order valence-corrected chi connectivity index (χ3v) is 3.50. The lowest BCUT2D eigenvalue weighted by Crippen LogP contribution is -2.31. The van der Waals surface area contributed by atoms with Crippen molar-refractivity contribution in [2.75, 3.05) is 13.2 Å². The van der Waals surface area contributed by atoms with Crippen LogP contribution in [0.2, 0.25) is 0 Å². The zero-order chi connectivity index (χ0) is 12.2. The summed E-state index contributed by atoms with van der Waals surface area (Å²) in [5.74, 6) is 0. The normalized spacial score (nSPS) is 20.3. The molecule has 3 heterocycles. The maximum absolute atomic E-state index is 5.70. The second-order valence-electron chi connectivity index (χ2n) is 4.83. The van der Waals surface area contributed by atoms with Crippen molar-refractivity contribution in [3.63, 3.8) is 0 Å². The molecular weight excluding hydrogens is 226 g/mol. The number of hydrogen-bond acceptors (Lipinski definition) is 3. The number of pyridine rings is 1. The van der Waals surface area contributed by atoms with Crippen LogP contribution in [-0.4, -0.2) is 29.2 Å². The van der Waals surface area contributed by atoms with Crippen molar-refractivity contribution in [1.29, 1.82) is 0 Å². The molecule has 2 aromatic heterocycles. The number of aromatic nitrogens is 2. The van der Waals surface area contributed by atoms with Crippen LogP contribution in [0.4, 0.5) is 0 Å². The molecule has 4 nitrogen and oxygen atoms in total. The van der Waals surface area contributed by atoms with Gasteiger partial charge in [-0.3, -0.25) is 0 Å². The van der Waals surface area contributed by atoms with E-state index in [1.165, 1.54) is 30.2 Å². The molecule has 0 bridgehead atoms. The summed E-state index contributed by atoms with van der Waals surface area (Å²) >= 11 is 0. The molecule has 1 unspecified atom stereocenters. The van der Waals surface area contributed by atoms with Crippen LogP contribution in [0.5, 0.6) is 0 Å². The molecule has 1 atom stereocenters. The van der Waals surface area contributed by atoms with Crippen molar-refractivity contribution in [3.8, 4) is 0 Å². The maximum atomic E-state index is 5.70. The van der Waals surface area contributed by atoms with E-state index in [2.05, 4.69) is 21.4 Å². The van der Waals surface area contributed by atoms with Gasteiger partial charge in [0.25, 0.3) is 0 Å². The Hall–Kier alpha value is -1.39. The van der Waals surface area contributed by atoms with Gasteiger partial charge in [-0.2, -0.15) is 0 Å². The zero-order valence-electron chi connectivity index (χ0n) is 10.5. The smallest absolute Gasteiger partial charge is 0.137 e. The molecular formula is C14H19N3O. The molecule has 2 N–H and O–H groups in total. The van der Waals surface area contributed by atoms with Crippen molar-refractivity contribution in [2.24, 2.45) is 0 Å². The van der Waals surface area contributed by atoms with Gasteiger partial charge in [-0.1, -0.05) is 0 Å². The van der Waals surface area contributed by atoms with Gasteiger partial charge in [0.05, 0.1) is 6.10 Å². The van der Waals surface area contributed by atoms with Crippen molar-refractivity contribution in [2.45, 2.75) is 31.9 Å². The Balaban J connectivity index is 1.56. The first-order chi connectivity index (χ1) is 8.93. The van der Waals surface area contributed by atoms with E-state index in [1.807, 2.05) is 18.5 Å². The largest absolute Gasteiger partial charge is 0.377 e. The molecule has 18 heavy (non-hydrogen) atoms. The predicted molar refractivity (Wildman–Crippen MR) is 71.4 cm³/mol. The summed E-state index contributed by atoms with van der Waals surface area (Å²) in [5, 5.41) is 4.68. The quantitative estimate of drug-likeness (QED) is 0.868. The fourth-order valence-corrected chi connectivity index (χ4v) is 2.50. The van der Waals surface area contributed by atoms with Crippen molar-refractivity contribution < 1.29 is 4.74 Å². The van der Waals surface area contributed by atoms with Gasteiger partial charge in [0, 0.05) is 37.5 Å². The Kier molecular flexibility index (Phi) is 3.57. The fourth-order valence-electron chi connectivity index (χ4n) is 2.50. The molecule has 0 saturated carbocycles. The van der Waals surface area contributed by atoms with Gasteiger partial charge < -0.3 is 15.0 Å². The molecule has 0 aliphatic carbocycles. The number of rotatable bonds is 4. The molecule has 0 aromatic carbocycles. The van der Waals surface area contributed by atoms with Gasteiger partial charge >= 0.3 is 0 Å². The number of nitrogens with one attached hydrogen (secondary N) is 2. The lowest BCUT2D eigenvalue weighted by Gasteiger charge is -2.22. The van der Waals surface area contributed by atoms with Gasteiger partial charge in [0.2, 0.25) is 0 Å². The molecule has 2 aromatic rings. The van der Waals surface area contributed by atoms with Gasteiger partial charge in [-0.25, -0.2) is 4.98 Å². The van der Waals surface area contributed by atoms with Crippen LogP contribution in [0.3, 0.4) is 0 Å². The van der Waals surface area contributed by atoms with Gasteiger partial charge in [0.15, 0.2) is 0 Å². The highest BCUT2D eigenvalue weighted by molar-refractivity contribution is 5.79. The second kappa shape index (κ2) is 5.50. The van der Waals surface area contributed by atoms with Crippen LogP contribution < -0.4 is 5.32 Å². The number of H-pyrrole nitrogens is 1. The highest BCUT2D eigenvalue weighted by Gasteiger charge is 2.13. The third-order valence-electron chi connectivity index (χ3n) is 3.50. The van der Waals surface area contributed by atoms with Crippen LogP contribution in [0, 0.1) is 0 Å². The number of fused-ring (bicyclic) bond motifs is 1. The molecule has 96 valence electrons. The van der Waals surface area contributed by atoms with Crippen LogP contribution in [-0.2, 0) is 11.3 Å². The Morgan fingerprint density at radius 2 is 2.44 bits per heavy atom. The topological polar surface area (TPSA) is 49.9 Å². The second-order valence-corrected chi connectivity index (χ2v) is 4.83. The van der Waals surface area contributed by atoms with E-state index in [0.717, 1.165) is 25.3 Å². The molecule has 0 amide bonds. The van der Waals surface area contributed by atoms with E-state index >= 15 is 0 Å². The molecule has 1 aliphatic rings. The molecule has 0 spiro atoms. The Morgan fingerprint density at radius 3 is 3.33 bits per heavy atom. The maximum Gasteiger partial charge on any atom is 0.137 e. The molecule has 0 radical (unpaired) electrons. The highest BCUT2D eigenvalue weighted by atomic mass is 16.5. The van der Waals surface area contributed by atoms with Gasteiger partial charge in [-0.15, -0.1) is 0 Å². The van der Waals surface area contributed by atoms with Crippen molar-refractivity contribution >= 4 is 11.0 Å². The molecule has 1 saturated heterocycles. The summed E-state index contributed by atoms with van der Waals surface area (Å²) < 4.78 is 5.70. The molecule has 1 aliphatic heterocycles. The lowest BCUT2D eigenvalue weighted by molar-refractivity contribution is 0.0168. The van der Waals surface area contributed by atoms with E-state index in [4.69, 9.17) is 4.74 Å². The average Bonchev–Trinajstić information content (AvgIpc) is 2.84. The Morgan fingerprint density at radius 1 is 1.44 bits per heavy atom. The first-order valence-electron chi connectivity index (χ1n) is 6.67. The summed E-state index contributed by atoms with van der Waals surface area (Å²) in [6.07, 6.45) is 7.93. The minimum Gasteiger partial charge on any atom is -0.377 e. The molecule has 3 rings (SSSR count). The predicted octanol–water partition coefficient (Wildman–Crippen LogP) is 2.22. The van der Waals surface area contributed by atoms with Crippen LogP contribution >= 0.6 is 0 Å². The van der Waals surface area contributed by atoms with Crippen molar-refractivity contribution in [3.05, 3.63) is 30.1 Å². The summed E-state index contributed by atoms with van der Waals surface area (Å²) in [5.41, 5.74) is 2.23.